The van der Waals surface area contributed by atoms with E-state index in [-0.39, 0.29) is 5.91 Å². The second-order valence-electron chi connectivity index (χ2n) is 3.38. The van der Waals surface area contributed by atoms with E-state index in [1.807, 2.05) is 0 Å². The molecule has 2 aromatic rings. The number of thiazole rings is 1. The molecular weight excluding hydrogens is 288 g/mol. The van der Waals surface area contributed by atoms with E-state index >= 15 is 0 Å². The molecule has 0 aromatic carbocycles. The van der Waals surface area contributed by atoms with Gasteiger partial charge in [0.2, 0.25) is 0 Å². The summed E-state index contributed by atoms with van der Waals surface area (Å²) >= 11 is 2.19. The third-order valence-electron chi connectivity index (χ3n) is 1.99. The van der Waals surface area contributed by atoms with Crippen LogP contribution in [0.3, 0.4) is 0 Å². The fourth-order valence-corrected chi connectivity index (χ4v) is 2.43. The summed E-state index contributed by atoms with van der Waals surface area (Å²) in [6.07, 6.45) is 3.91. The minimum absolute atomic E-state index is 0.324. The van der Waals surface area contributed by atoms with Gasteiger partial charge in [-0.15, -0.1) is 5.10 Å². The number of carbonyl (C=O) groups is 2. The monoisotopic (exact) mass is 296 g/mol. The second-order valence-corrected chi connectivity index (χ2v) is 5.20. The SMILES string of the molecule is Cc1nnsc1C(=O)Nc1ncc(/C=C/C(=O)O)s1. The summed E-state index contributed by atoms with van der Waals surface area (Å²) in [7, 11) is 0. The summed E-state index contributed by atoms with van der Waals surface area (Å²) in [5.41, 5.74) is 0.560. The molecule has 19 heavy (non-hydrogen) atoms. The Morgan fingerprint density at radius 1 is 1.47 bits per heavy atom. The summed E-state index contributed by atoms with van der Waals surface area (Å²) in [4.78, 5) is 27.3. The van der Waals surface area contributed by atoms with Gasteiger partial charge in [0, 0.05) is 17.2 Å². The van der Waals surface area contributed by atoms with Crippen molar-refractivity contribution in [3.63, 3.8) is 0 Å². The van der Waals surface area contributed by atoms with Gasteiger partial charge in [0.1, 0.15) is 4.88 Å². The first-order chi connectivity index (χ1) is 9.06. The molecule has 0 saturated carbocycles. The molecule has 9 heteroatoms. The Morgan fingerprint density at radius 2 is 2.26 bits per heavy atom. The van der Waals surface area contributed by atoms with Crippen molar-refractivity contribution in [1.82, 2.24) is 14.6 Å². The van der Waals surface area contributed by atoms with Gasteiger partial charge in [-0.1, -0.05) is 15.8 Å². The number of carbonyl (C=O) groups excluding carboxylic acids is 1. The van der Waals surface area contributed by atoms with Gasteiger partial charge in [0.25, 0.3) is 5.91 Å². The zero-order chi connectivity index (χ0) is 13.8. The lowest BCUT2D eigenvalue weighted by molar-refractivity contribution is -0.131. The number of carboxylic acid groups (broad SMARTS) is 1. The highest BCUT2D eigenvalue weighted by atomic mass is 32.1. The number of nitrogens with zero attached hydrogens (tertiary/aromatic N) is 3. The van der Waals surface area contributed by atoms with Crippen molar-refractivity contribution < 1.29 is 14.7 Å². The normalized spacial score (nSPS) is 10.8. The predicted octanol–water partition coefficient (Wildman–Crippen LogP) is 1.65. The topological polar surface area (TPSA) is 105 Å². The Labute approximate surface area is 115 Å². The summed E-state index contributed by atoms with van der Waals surface area (Å²) < 4.78 is 3.68. The van der Waals surface area contributed by atoms with Gasteiger partial charge in [-0.3, -0.25) is 10.1 Å². The fourth-order valence-electron chi connectivity index (χ4n) is 1.17. The Bertz CT molecular complexity index is 647. The van der Waals surface area contributed by atoms with Gasteiger partial charge in [0.05, 0.1) is 5.69 Å². The maximum Gasteiger partial charge on any atom is 0.328 e. The Morgan fingerprint density at radius 3 is 2.89 bits per heavy atom. The first-order valence-corrected chi connectivity index (χ1v) is 6.62. The van der Waals surface area contributed by atoms with Gasteiger partial charge in [-0.05, 0) is 24.5 Å². The fraction of sp³-hybridized carbons (Fsp3) is 0.100. The lowest BCUT2D eigenvalue weighted by atomic mass is 10.4. The van der Waals surface area contributed by atoms with Crippen LogP contribution in [-0.4, -0.2) is 31.6 Å². The predicted molar refractivity (Wildman–Crippen MR) is 71.4 cm³/mol. The molecule has 0 aliphatic rings. The van der Waals surface area contributed by atoms with E-state index in [0.29, 0.717) is 20.6 Å². The molecule has 0 saturated heterocycles. The average Bonchev–Trinajstić information content (AvgIpc) is 2.95. The Kier molecular flexibility index (Phi) is 3.97. The number of carboxylic acids is 1. The zero-order valence-corrected chi connectivity index (χ0v) is 11.3. The van der Waals surface area contributed by atoms with Crippen molar-refractivity contribution in [2.24, 2.45) is 0 Å². The van der Waals surface area contributed by atoms with E-state index in [4.69, 9.17) is 5.11 Å². The molecular formula is C10H8N4O3S2. The minimum Gasteiger partial charge on any atom is -0.478 e. The van der Waals surface area contributed by atoms with Crippen molar-refractivity contribution in [2.75, 3.05) is 5.32 Å². The van der Waals surface area contributed by atoms with Gasteiger partial charge in [-0.25, -0.2) is 9.78 Å². The van der Waals surface area contributed by atoms with E-state index in [9.17, 15) is 9.59 Å². The van der Waals surface area contributed by atoms with Crippen LogP contribution in [0.15, 0.2) is 12.3 Å². The van der Waals surface area contributed by atoms with Gasteiger partial charge < -0.3 is 5.11 Å². The van der Waals surface area contributed by atoms with Crippen LogP contribution in [0.1, 0.15) is 20.2 Å². The van der Waals surface area contributed by atoms with Crippen molar-refractivity contribution in [3.05, 3.63) is 27.7 Å². The molecule has 0 unspecified atom stereocenters. The number of amides is 1. The standard InChI is InChI=1S/C10H8N4O3S2/c1-5-8(19-14-13-5)9(17)12-10-11-4-6(18-10)2-3-7(15)16/h2-4H,1H3,(H,15,16)(H,11,12,17)/b3-2+. The quantitative estimate of drug-likeness (QED) is 0.831. The highest BCUT2D eigenvalue weighted by Gasteiger charge is 2.14. The third kappa shape index (κ3) is 3.42. The summed E-state index contributed by atoms with van der Waals surface area (Å²) in [6, 6.07) is 0. The number of aryl methyl sites for hydroxylation is 1. The summed E-state index contributed by atoms with van der Waals surface area (Å²) in [5.74, 6) is -1.36. The van der Waals surface area contributed by atoms with E-state index in [1.54, 1.807) is 6.92 Å². The number of rotatable bonds is 4. The maximum absolute atomic E-state index is 11.8. The van der Waals surface area contributed by atoms with Crippen molar-refractivity contribution in [1.29, 1.82) is 0 Å². The number of nitrogens with one attached hydrogen (secondary N) is 1. The molecule has 0 bridgehead atoms. The van der Waals surface area contributed by atoms with E-state index < -0.39 is 5.97 Å². The lowest BCUT2D eigenvalue weighted by Crippen LogP contribution is -2.11. The molecule has 2 aromatic heterocycles. The Hall–Kier alpha value is -2.13. The van der Waals surface area contributed by atoms with Crippen molar-refractivity contribution >= 4 is 46.0 Å². The van der Waals surface area contributed by atoms with Gasteiger partial charge in [0.15, 0.2) is 5.13 Å². The molecule has 2 rings (SSSR count). The highest BCUT2D eigenvalue weighted by Crippen LogP contribution is 2.21. The van der Waals surface area contributed by atoms with Crippen LogP contribution in [-0.2, 0) is 4.79 Å². The molecule has 0 fully saturated rings. The number of aromatic nitrogens is 3. The van der Waals surface area contributed by atoms with Crippen LogP contribution in [0.5, 0.6) is 0 Å². The first-order valence-electron chi connectivity index (χ1n) is 5.03. The molecule has 98 valence electrons. The van der Waals surface area contributed by atoms with Crippen LogP contribution < -0.4 is 5.32 Å². The maximum atomic E-state index is 11.8. The number of hydrogen-bond acceptors (Lipinski definition) is 7. The lowest BCUT2D eigenvalue weighted by Gasteiger charge is -1.97. The molecule has 2 heterocycles. The third-order valence-corrected chi connectivity index (χ3v) is 3.70. The molecule has 0 spiro atoms. The second kappa shape index (κ2) is 5.67. The first kappa shape index (κ1) is 13.3. The van der Waals surface area contributed by atoms with E-state index in [2.05, 4.69) is 19.9 Å². The smallest absolute Gasteiger partial charge is 0.328 e. The number of aliphatic carboxylic acids is 1. The summed E-state index contributed by atoms with van der Waals surface area (Å²) in [6.45, 7) is 1.70. The molecule has 1 amide bonds. The average molecular weight is 296 g/mol. The Balaban J connectivity index is 2.06. The molecule has 2 N–H and O–H groups in total. The largest absolute Gasteiger partial charge is 0.478 e. The van der Waals surface area contributed by atoms with E-state index in [1.165, 1.54) is 23.6 Å². The molecule has 0 aliphatic carbocycles. The molecule has 0 aliphatic heterocycles. The number of hydrogen-bond donors (Lipinski definition) is 2. The van der Waals surface area contributed by atoms with Gasteiger partial charge in [-0.2, -0.15) is 0 Å². The molecule has 7 nitrogen and oxygen atoms in total. The number of anilines is 1. The molecule has 0 atom stereocenters. The van der Waals surface area contributed by atoms with E-state index in [0.717, 1.165) is 17.6 Å². The van der Waals surface area contributed by atoms with Crippen LogP contribution >= 0.6 is 22.9 Å². The summed E-state index contributed by atoms with van der Waals surface area (Å²) in [5, 5.41) is 15.2. The zero-order valence-electron chi connectivity index (χ0n) is 9.65. The van der Waals surface area contributed by atoms with Crippen molar-refractivity contribution in [2.45, 2.75) is 6.92 Å². The van der Waals surface area contributed by atoms with Crippen LogP contribution in [0.4, 0.5) is 5.13 Å². The minimum atomic E-state index is -1.04. The highest BCUT2D eigenvalue weighted by molar-refractivity contribution is 7.16. The van der Waals surface area contributed by atoms with Gasteiger partial charge >= 0.3 is 5.97 Å². The van der Waals surface area contributed by atoms with Crippen LogP contribution in [0.25, 0.3) is 6.08 Å². The van der Waals surface area contributed by atoms with Crippen molar-refractivity contribution in [3.8, 4) is 0 Å². The van der Waals surface area contributed by atoms with Crippen LogP contribution in [0.2, 0.25) is 0 Å². The van der Waals surface area contributed by atoms with Crippen LogP contribution in [0, 0.1) is 6.92 Å². The molecule has 0 radical (unpaired) electrons.